The summed E-state index contributed by atoms with van der Waals surface area (Å²) in [6.45, 7) is 32.0. The van der Waals surface area contributed by atoms with Crippen LogP contribution in [0.4, 0.5) is 0 Å². The van der Waals surface area contributed by atoms with Crippen LogP contribution in [0.1, 0.15) is 277 Å². The van der Waals surface area contributed by atoms with Crippen molar-refractivity contribution in [2.45, 2.75) is 316 Å². The number of fused-ring (bicyclic) bond motifs is 3. The molecule has 6 heteroatoms. The third-order valence-corrected chi connectivity index (χ3v) is 43.3. The first-order valence-electron chi connectivity index (χ1n) is 43.3. The van der Waals surface area contributed by atoms with E-state index in [1.165, 1.54) is 286 Å². The molecule has 106 heavy (non-hydrogen) atoms. The maximum Gasteiger partial charge on any atom is 0.220 e. The van der Waals surface area contributed by atoms with Crippen LogP contribution < -0.4 is 29.3 Å². The van der Waals surface area contributed by atoms with Crippen LogP contribution in [0.5, 0.6) is 0 Å². The van der Waals surface area contributed by atoms with Crippen molar-refractivity contribution in [1.82, 2.24) is 0 Å². The maximum atomic E-state index is 2.67. The van der Waals surface area contributed by atoms with Crippen molar-refractivity contribution in [3.8, 4) is 33.8 Å². The van der Waals surface area contributed by atoms with Gasteiger partial charge in [0.2, 0.25) is 17.1 Å². The summed E-state index contributed by atoms with van der Waals surface area (Å²) in [7, 11) is 2.54. The molecular formula is C100H138N3Si3+3. The van der Waals surface area contributed by atoms with Crippen molar-refractivity contribution >= 4 is 72.1 Å². The van der Waals surface area contributed by atoms with E-state index in [1.54, 1.807) is 43.4 Å². The highest BCUT2D eigenvalue weighted by atomic mass is 28.3. The zero-order chi connectivity index (χ0) is 74.5. The van der Waals surface area contributed by atoms with Crippen LogP contribution >= 0.6 is 0 Å². The molecule has 3 aromatic heterocycles. The standard InChI is InChI=1S/C37H52NSi.C32H44NSi.C31H42NSi/c1-27-34(29-14-10-7-11-15-29)25-31(28-12-8-6-9-13-28)26-35(27)36-33-17-16-32(24-30(33)18-21-38(36)4)39(5)22-19-37(2,3)20-23-39;1-23-20-27(25-10-8-7-9-11-25)22-30(24(23)2)31-29-13-12-28(21-26(29)14-17-33(31)5)34(6)18-15-32(3,4)16-19-34;1-23-11-12-25(24-9-7-6-8-10-24)22-29(23)30-28-14-13-27(21-26(28)15-18-32(30)4)33(5)19-16-31(2,3)17-20-33/h16-18,21,24-26,28-29H,6-15,19-20,22-23H2,1-5H3;12-14,17,20-22,25H,7-11,15-16,18-19H2,1-6H3;11-15,18,21-22,24H,6-10,16-17,19-20H2,1-5H3/q3*+1. The maximum absolute atomic E-state index is 2.67. The predicted molar refractivity (Wildman–Crippen MR) is 466 cm³/mol. The molecule has 4 aliphatic carbocycles. The summed E-state index contributed by atoms with van der Waals surface area (Å²) in [4.78, 5) is 0. The van der Waals surface area contributed by atoms with Gasteiger partial charge >= 0.3 is 0 Å². The first-order chi connectivity index (χ1) is 50.7. The SMILES string of the molecule is Cc1c(-c2c3ccc([Si]4(C)CCC(C)(C)CC4)cc3cc[n+]2C)cc(C2CCCCC2)cc1C1CCCCC1.Cc1cc(C2CCCCC2)cc(-c2c3ccc([Si]4(C)CCC(C)(C)CC4)cc3cc[n+]2C)c1C.Cc1ccc(C2CCCCC2)cc1-c1c2ccc([Si]3(C)CCC(C)(C)CC3)cc2cc[n+]1C. The summed E-state index contributed by atoms with van der Waals surface area (Å²) in [5.41, 5.74) is 22.4. The van der Waals surface area contributed by atoms with Crippen LogP contribution in [0.25, 0.3) is 66.1 Å². The molecule has 562 valence electrons. The number of rotatable bonds is 10. The second-order valence-electron chi connectivity index (χ2n) is 39.6. The smallest absolute Gasteiger partial charge is 0.200 e. The number of aryl methyl sites for hydroxylation is 5. The lowest BCUT2D eigenvalue weighted by molar-refractivity contribution is -0.659. The first kappa shape index (κ1) is 76.9. The second kappa shape index (κ2) is 31.5. The van der Waals surface area contributed by atoms with Gasteiger partial charge in [0.05, 0.1) is 51.5 Å². The number of pyridine rings is 3. The van der Waals surface area contributed by atoms with Gasteiger partial charge in [-0.25, -0.2) is 13.7 Å². The Balaban J connectivity index is 0.000000134. The highest BCUT2D eigenvalue weighted by Gasteiger charge is 2.42. The van der Waals surface area contributed by atoms with Crippen LogP contribution in [0.3, 0.4) is 0 Å². The van der Waals surface area contributed by atoms with E-state index in [0.29, 0.717) is 16.2 Å². The van der Waals surface area contributed by atoms with Crippen LogP contribution in [-0.4, -0.2) is 24.2 Å². The minimum Gasteiger partial charge on any atom is -0.200 e. The van der Waals surface area contributed by atoms with Crippen molar-refractivity contribution in [2.24, 2.45) is 37.4 Å². The largest absolute Gasteiger partial charge is 0.220 e. The van der Waals surface area contributed by atoms with Gasteiger partial charge in [0.15, 0.2) is 18.6 Å². The molecule has 6 heterocycles. The van der Waals surface area contributed by atoms with Gasteiger partial charge in [0.1, 0.15) is 21.1 Å². The molecule has 0 atom stereocenters. The molecule has 0 amide bonds. The van der Waals surface area contributed by atoms with Crippen molar-refractivity contribution in [3.05, 3.63) is 178 Å². The number of hydrogen-bond donors (Lipinski definition) is 0. The summed E-state index contributed by atoms with van der Waals surface area (Å²) < 4.78 is 7.12. The number of benzene rings is 6. The molecular weight excluding hydrogens is 1330 g/mol. The Kier molecular flexibility index (Phi) is 22.9. The van der Waals surface area contributed by atoms with Gasteiger partial charge in [-0.2, -0.15) is 0 Å². The van der Waals surface area contributed by atoms with Gasteiger partial charge in [0.25, 0.3) is 0 Å². The molecule has 4 saturated carbocycles. The number of hydrogen-bond acceptors (Lipinski definition) is 0. The molecule has 3 saturated heterocycles. The van der Waals surface area contributed by atoms with Gasteiger partial charge in [-0.1, -0.05) is 289 Å². The normalized spacial score (nSPS) is 21.2. The van der Waals surface area contributed by atoms with Crippen molar-refractivity contribution in [2.75, 3.05) is 0 Å². The third kappa shape index (κ3) is 16.5. The van der Waals surface area contributed by atoms with E-state index < -0.39 is 24.2 Å². The molecule has 16 rings (SSSR count). The Hall–Kier alpha value is -5.80. The van der Waals surface area contributed by atoms with E-state index in [0.717, 1.165) is 23.7 Å². The molecule has 0 radical (unpaired) electrons. The molecule has 9 aromatic rings. The van der Waals surface area contributed by atoms with E-state index in [4.69, 9.17) is 0 Å². The summed E-state index contributed by atoms with van der Waals surface area (Å²) in [5, 5.41) is 13.5. The fourth-order valence-corrected chi connectivity index (χ4v) is 34.3. The quantitative estimate of drug-likeness (QED) is 0.0955. The van der Waals surface area contributed by atoms with E-state index in [-0.39, 0.29) is 0 Å². The molecule has 3 aliphatic heterocycles. The first-order valence-corrected chi connectivity index (χ1v) is 52.1. The zero-order valence-electron chi connectivity index (χ0n) is 69.5. The lowest BCUT2D eigenvalue weighted by Gasteiger charge is -2.40. The average molecular weight is 1470 g/mol. The van der Waals surface area contributed by atoms with Crippen molar-refractivity contribution in [1.29, 1.82) is 0 Å². The summed E-state index contributed by atoms with van der Waals surface area (Å²) in [6.07, 6.45) is 42.9. The van der Waals surface area contributed by atoms with Crippen LogP contribution in [0.15, 0.2) is 134 Å². The highest BCUT2D eigenvalue weighted by molar-refractivity contribution is 6.92. The van der Waals surface area contributed by atoms with E-state index in [2.05, 4.69) is 258 Å². The Morgan fingerprint density at radius 2 is 0.613 bits per heavy atom. The summed E-state index contributed by atoms with van der Waals surface area (Å²) in [6, 6.07) is 56.0. The zero-order valence-corrected chi connectivity index (χ0v) is 72.5. The summed E-state index contributed by atoms with van der Waals surface area (Å²) >= 11 is 0. The monoisotopic (exact) mass is 1470 g/mol. The molecule has 0 unspecified atom stereocenters. The third-order valence-electron chi connectivity index (χ3n) is 30.1. The van der Waals surface area contributed by atoms with Gasteiger partial charge in [-0.05, 0) is 216 Å². The minimum atomic E-state index is -1.41. The molecule has 6 aromatic carbocycles. The highest BCUT2D eigenvalue weighted by Crippen LogP contribution is 2.48. The molecule has 0 bridgehead atoms. The number of aromatic nitrogens is 3. The van der Waals surface area contributed by atoms with Crippen LogP contribution in [0.2, 0.25) is 55.9 Å². The van der Waals surface area contributed by atoms with E-state index in [9.17, 15) is 0 Å². The Labute approximate surface area is 646 Å². The average Bonchev–Trinajstić information content (AvgIpc) is 0.762. The molecule has 0 N–H and O–H groups in total. The van der Waals surface area contributed by atoms with E-state index >= 15 is 0 Å². The molecule has 7 aliphatic rings. The van der Waals surface area contributed by atoms with Crippen molar-refractivity contribution in [3.63, 3.8) is 0 Å². The van der Waals surface area contributed by atoms with Gasteiger partial charge in [-0.3, -0.25) is 0 Å². The Morgan fingerprint density at radius 3 is 0.981 bits per heavy atom. The molecule has 0 spiro atoms. The minimum absolute atomic E-state index is 0.529. The van der Waals surface area contributed by atoms with Crippen molar-refractivity contribution < 1.29 is 13.7 Å². The number of nitrogens with zero attached hydrogens (tertiary/aromatic N) is 3. The van der Waals surface area contributed by atoms with Gasteiger partial charge in [0, 0.05) is 23.8 Å². The Morgan fingerprint density at radius 1 is 0.302 bits per heavy atom. The second-order valence-corrected chi connectivity index (χ2v) is 53.7. The predicted octanol–water partition coefficient (Wildman–Crippen LogP) is 25.7. The topological polar surface area (TPSA) is 11.6 Å². The Bertz CT molecular complexity index is 4630. The lowest BCUT2D eigenvalue weighted by Crippen LogP contribution is -2.48. The van der Waals surface area contributed by atoms with Gasteiger partial charge in [-0.15, -0.1) is 0 Å². The fraction of sp³-hybridized carbons (Fsp3) is 0.550. The molecule has 7 fully saturated rings. The van der Waals surface area contributed by atoms with E-state index in [1.807, 2.05) is 0 Å². The lowest BCUT2D eigenvalue weighted by atomic mass is 9.76. The van der Waals surface area contributed by atoms with Crippen LogP contribution in [0, 0.1) is 43.9 Å². The fourth-order valence-electron chi connectivity index (χ4n) is 21.5. The van der Waals surface area contributed by atoms with Gasteiger partial charge < -0.3 is 0 Å². The van der Waals surface area contributed by atoms with Crippen LogP contribution in [-0.2, 0) is 21.1 Å². The molecule has 3 nitrogen and oxygen atoms in total. The summed E-state index contributed by atoms with van der Waals surface area (Å²) in [5.74, 6) is 2.97.